The minimum Gasteiger partial charge on any atom is -0.359 e. The molecule has 0 radical (unpaired) electrons. The Morgan fingerprint density at radius 2 is 2.25 bits per heavy atom. The van der Waals surface area contributed by atoms with E-state index in [1.165, 1.54) is 12.3 Å². The van der Waals surface area contributed by atoms with Gasteiger partial charge in [-0.2, -0.15) is 15.7 Å². The number of nitrogens with zero attached hydrogens (tertiary/aromatic N) is 5. The summed E-state index contributed by atoms with van der Waals surface area (Å²) < 4.78 is 13.4. The highest BCUT2D eigenvalue weighted by molar-refractivity contribution is 6.31. The fraction of sp³-hybridized carbons (Fsp3) is 0. The summed E-state index contributed by atoms with van der Waals surface area (Å²) in [5, 5.41) is 33.2. The third-order valence-electron chi connectivity index (χ3n) is 2.26. The quantitative estimate of drug-likeness (QED) is 0.833. The van der Waals surface area contributed by atoms with Gasteiger partial charge in [0.2, 0.25) is 5.82 Å². The van der Waals surface area contributed by atoms with Gasteiger partial charge in [0, 0.05) is 12.3 Å². The van der Waals surface area contributed by atoms with Crippen molar-refractivity contribution in [2.45, 2.75) is 0 Å². The van der Waals surface area contributed by atoms with E-state index in [0.717, 1.165) is 6.07 Å². The van der Waals surface area contributed by atoms with Crippen molar-refractivity contribution in [1.82, 2.24) is 20.6 Å². The number of rotatable bonds is 3. The first-order chi connectivity index (χ1) is 9.65. The molecule has 1 aromatic carbocycles. The summed E-state index contributed by atoms with van der Waals surface area (Å²) in [5.74, 6) is -0.604. The molecule has 0 atom stereocenters. The van der Waals surface area contributed by atoms with Gasteiger partial charge in [0.05, 0.1) is 16.3 Å². The van der Waals surface area contributed by atoms with Gasteiger partial charge in [-0.1, -0.05) is 11.6 Å². The van der Waals surface area contributed by atoms with E-state index >= 15 is 0 Å². The summed E-state index contributed by atoms with van der Waals surface area (Å²) in [6.07, 6.45) is 1.24. The Morgan fingerprint density at radius 3 is 2.85 bits per heavy atom. The molecule has 1 heterocycles. The molecule has 0 aliphatic rings. The monoisotopic (exact) mass is 289 g/mol. The smallest absolute Gasteiger partial charge is 0.216 e. The molecule has 98 valence electrons. The van der Waals surface area contributed by atoms with Crippen molar-refractivity contribution in [1.29, 1.82) is 10.5 Å². The Morgan fingerprint density at radius 1 is 1.45 bits per heavy atom. The van der Waals surface area contributed by atoms with Crippen LogP contribution in [0.5, 0.6) is 0 Å². The number of anilines is 1. The summed E-state index contributed by atoms with van der Waals surface area (Å²) in [5.41, 5.74) is 0.377. The minimum atomic E-state index is -0.681. The number of aromatic nitrogens is 4. The lowest BCUT2D eigenvalue weighted by atomic mass is 10.2. The Hall–Kier alpha value is -2.97. The molecular weight excluding hydrogens is 285 g/mol. The fourth-order valence-corrected chi connectivity index (χ4v) is 1.50. The molecule has 7 nitrogen and oxygen atoms in total. The molecule has 9 heteroatoms. The number of nitrogens with one attached hydrogen (secondary N) is 2. The normalized spacial score (nSPS) is 10.7. The summed E-state index contributed by atoms with van der Waals surface area (Å²) in [4.78, 5) is 0. The average molecular weight is 290 g/mol. The van der Waals surface area contributed by atoms with Crippen LogP contribution in [0.15, 0.2) is 18.3 Å². The minimum absolute atomic E-state index is 0.0676. The van der Waals surface area contributed by atoms with Crippen LogP contribution in [-0.2, 0) is 0 Å². The first-order valence-corrected chi connectivity index (χ1v) is 5.53. The average Bonchev–Trinajstić information content (AvgIpc) is 2.97. The highest BCUT2D eigenvalue weighted by atomic mass is 35.5. The lowest BCUT2D eigenvalue weighted by Gasteiger charge is -2.05. The van der Waals surface area contributed by atoms with E-state index in [0.29, 0.717) is 0 Å². The summed E-state index contributed by atoms with van der Waals surface area (Å²) >= 11 is 5.58. The van der Waals surface area contributed by atoms with Crippen LogP contribution < -0.4 is 5.32 Å². The molecular formula is C11H5ClFN7. The number of hydrogen-bond donors (Lipinski definition) is 2. The number of H-pyrrole nitrogens is 1. The van der Waals surface area contributed by atoms with Gasteiger partial charge in [0.15, 0.2) is 0 Å². The number of hydrogen-bond acceptors (Lipinski definition) is 6. The molecule has 20 heavy (non-hydrogen) atoms. The molecule has 2 rings (SSSR count). The second kappa shape index (κ2) is 5.78. The lowest BCUT2D eigenvalue weighted by Crippen LogP contribution is -1.96. The molecule has 0 bridgehead atoms. The van der Waals surface area contributed by atoms with Crippen molar-refractivity contribution < 1.29 is 4.39 Å². The van der Waals surface area contributed by atoms with Gasteiger partial charge in [-0.05, 0) is 11.3 Å². The highest BCUT2D eigenvalue weighted by Crippen LogP contribution is 2.24. The molecule has 0 saturated heterocycles. The first-order valence-electron chi connectivity index (χ1n) is 5.15. The van der Waals surface area contributed by atoms with Crippen LogP contribution in [0.25, 0.3) is 5.57 Å². The fourth-order valence-electron chi connectivity index (χ4n) is 1.33. The van der Waals surface area contributed by atoms with Crippen LogP contribution in [0.3, 0.4) is 0 Å². The number of benzene rings is 1. The Bertz CT molecular complexity index is 739. The standard InChI is InChI=1S/C11H5ClFN7/c12-8-1-6(3-14)10(2-9(8)13)16-5-7(4-15)11-17-19-20-18-11/h1-2,5,16H,(H,17,18,19,20). The molecule has 1 aromatic heterocycles. The zero-order chi connectivity index (χ0) is 14.5. The van der Waals surface area contributed by atoms with Crippen molar-refractivity contribution in [3.63, 3.8) is 0 Å². The van der Waals surface area contributed by atoms with Crippen LogP contribution in [0, 0.1) is 28.5 Å². The third kappa shape index (κ3) is 2.71. The summed E-state index contributed by atoms with van der Waals surface area (Å²) in [6, 6.07) is 5.96. The highest BCUT2D eigenvalue weighted by Gasteiger charge is 2.09. The largest absolute Gasteiger partial charge is 0.359 e. The Kier molecular flexibility index (Phi) is 3.89. The molecule has 0 fully saturated rings. The zero-order valence-electron chi connectivity index (χ0n) is 9.72. The van der Waals surface area contributed by atoms with E-state index in [-0.39, 0.29) is 27.7 Å². The van der Waals surface area contributed by atoms with Crippen molar-refractivity contribution in [3.05, 3.63) is 40.6 Å². The number of aromatic amines is 1. The van der Waals surface area contributed by atoms with Gasteiger partial charge in [0.1, 0.15) is 23.5 Å². The Labute approximate surface area is 117 Å². The van der Waals surface area contributed by atoms with Crippen molar-refractivity contribution in [2.75, 3.05) is 5.32 Å². The van der Waals surface area contributed by atoms with Gasteiger partial charge in [-0.25, -0.2) is 4.39 Å². The maximum Gasteiger partial charge on any atom is 0.216 e. The van der Waals surface area contributed by atoms with Gasteiger partial charge >= 0.3 is 0 Å². The molecule has 2 N–H and O–H groups in total. The maximum absolute atomic E-state index is 13.4. The van der Waals surface area contributed by atoms with Crippen LogP contribution in [0.2, 0.25) is 5.02 Å². The van der Waals surface area contributed by atoms with Gasteiger partial charge < -0.3 is 5.32 Å². The molecule has 0 spiro atoms. The van der Waals surface area contributed by atoms with E-state index in [1.807, 2.05) is 12.1 Å². The van der Waals surface area contributed by atoms with Crippen LogP contribution >= 0.6 is 11.6 Å². The van der Waals surface area contributed by atoms with Crippen molar-refractivity contribution >= 4 is 22.9 Å². The topological polar surface area (TPSA) is 114 Å². The van der Waals surface area contributed by atoms with Crippen LogP contribution in [0.1, 0.15) is 11.4 Å². The molecule has 0 saturated carbocycles. The van der Waals surface area contributed by atoms with Crippen molar-refractivity contribution in [2.24, 2.45) is 0 Å². The molecule has 2 aromatic rings. The number of allylic oxidation sites excluding steroid dienone is 1. The van der Waals surface area contributed by atoms with E-state index < -0.39 is 5.82 Å². The van der Waals surface area contributed by atoms with Crippen LogP contribution in [-0.4, -0.2) is 20.6 Å². The maximum atomic E-state index is 13.4. The number of nitriles is 2. The number of halogens is 2. The predicted molar refractivity (Wildman–Crippen MR) is 67.5 cm³/mol. The SMILES string of the molecule is N#CC(=CNc1cc(F)c(Cl)cc1C#N)c1nn[nH]n1. The predicted octanol–water partition coefficient (Wildman–Crippen LogP) is 1.84. The van der Waals surface area contributed by atoms with Gasteiger partial charge in [-0.15, -0.1) is 10.2 Å². The summed E-state index contributed by atoms with van der Waals surface area (Å²) in [6.45, 7) is 0. The van der Waals surface area contributed by atoms with Gasteiger partial charge in [0.25, 0.3) is 0 Å². The van der Waals surface area contributed by atoms with E-state index in [2.05, 4.69) is 25.9 Å². The molecule has 0 unspecified atom stereocenters. The zero-order valence-corrected chi connectivity index (χ0v) is 10.5. The van der Waals surface area contributed by atoms with E-state index in [1.54, 1.807) is 0 Å². The molecule has 0 aliphatic heterocycles. The third-order valence-corrected chi connectivity index (χ3v) is 2.55. The lowest BCUT2D eigenvalue weighted by molar-refractivity contribution is 0.628. The second-order valence-corrected chi connectivity index (χ2v) is 3.88. The van der Waals surface area contributed by atoms with E-state index in [4.69, 9.17) is 22.1 Å². The summed E-state index contributed by atoms with van der Waals surface area (Å²) in [7, 11) is 0. The van der Waals surface area contributed by atoms with Crippen LogP contribution in [0.4, 0.5) is 10.1 Å². The van der Waals surface area contributed by atoms with E-state index in [9.17, 15) is 4.39 Å². The Balaban J connectivity index is 2.34. The first kappa shape index (κ1) is 13.5. The molecule has 0 aliphatic carbocycles. The molecule has 0 amide bonds. The van der Waals surface area contributed by atoms with Crippen molar-refractivity contribution in [3.8, 4) is 12.1 Å². The second-order valence-electron chi connectivity index (χ2n) is 3.47. The number of tetrazole rings is 1. The van der Waals surface area contributed by atoms with Gasteiger partial charge in [-0.3, -0.25) is 0 Å².